The third kappa shape index (κ3) is 10.0. The highest BCUT2D eigenvalue weighted by Crippen LogP contribution is 2.25. The Balaban J connectivity index is 3.11. The zero-order valence-electron chi connectivity index (χ0n) is 16.5. The number of rotatable bonds is 6. The van der Waals surface area contributed by atoms with Crippen molar-refractivity contribution in [3.8, 4) is 0 Å². The van der Waals surface area contributed by atoms with Crippen LogP contribution >= 0.6 is 31.9 Å². The summed E-state index contributed by atoms with van der Waals surface area (Å²) in [5.41, 5.74) is 0.105. The van der Waals surface area contributed by atoms with Crippen molar-refractivity contribution < 1.29 is 19.1 Å². The van der Waals surface area contributed by atoms with Crippen molar-refractivity contribution in [2.75, 3.05) is 0 Å². The molecule has 1 rings (SSSR count). The summed E-state index contributed by atoms with van der Waals surface area (Å²) in [4.78, 5) is 33.0. The molecule has 0 saturated heterocycles. The predicted octanol–water partition coefficient (Wildman–Crippen LogP) is 4.92. The number of halogens is 2. The molecule has 0 saturated carbocycles. The number of ether oxygens (including phenoxy) is 2. The summed E-state index contributed by atoms with van der Waals surface area (Å²) >= 11 is 6.81. The molecular formula is C19H26Br2N2O4. The van der Waals surface area contributed by atoms with E-state index in [2.05, 4.69) is 41.8 Å². The Morgan fingerprint density at radius 3 is 2.26 bits per heavy atom. The van der Waals surface area contributed by atoms with Crippen LogP contribution in [0.5, 0.6) is 0 Å². The lowest BCUT2D eigenvalue weighted by molar-refractivity contribution is -0.155. The molecule has 1 atom stereocenters. The van der Waals surface area contributed by atoms with E-state index in [0.717, 1.165) is 16.4 Å². The fourth-order valence-corrected chi connectivity index (χ4v) is 2.85. The maximum atomic E-state index is 12.3. The van der Waals surface area contributed by atoms with Gasteiger partial charge in [-0.2, -0.15) is 0 Å². The van der Waals surface area contributed by atoms with Gasteiger partial charge in [0.05, 0.1) is 17.8 Å². The Morgan fingerprint density at radius 2 is 1.74 bits per heavy atom. The van der Waals surface area contributed by atoms with Crippen molar-refractivity contribution in [3.05, 3.63) is 28.0 Å². The van der Waals surface area contributed by atoms with Crippen molar-refractivity contribution in [1.29, 1.82) is 0 Å². The molecule has 1 unspecified atom stereocenters. The van der Waals surface area contributed by atoms with Crippen LogP contribution in [0.4, 0.5) is 0 Å². The molecule has 0 aliphatic rings. The van der Waals surface area contributed by atoms with Crippen molar-refractivity contribution >= 4 is 50.0 Å². The van der Waals surface area contributed by atoms with E-state index in [-0.39, 0.29) is 6.42 Å². The largest absolute Gasteiger partial charge is 0.460 e. The van der Waals surface area contributed by atoms with E-state index < -0.39 is 29.2 Å². The average molecular weight is 506 g/mol. The van der Waals surface area contributed by atoms with Crippen LogP contribution in [0, 0.1) is 0 Å². The zero-order valence-corrected chi connectivity index (χ0v) is 19.7. The minimum absolute atomic E-state index is 0.0399. The highest BCUT2D eigenvalue weighted by atomic mass is 79.9. The maximum absolute atomic E-state index is 12.3. The Kier molecular flexibility index (Phi) is 8.60. The van der Waals surface area contributed by atoms with Gasteiger partial charge in [0, 0.05) is 9.80 Å². The third-order valence-corrected chi connectivity index (χ3v) is 3.92. The normalized spacial score (nSPS) is 13.5. The van der Waals surface area contributed by atoms with Crippen molar-refractivity contribution in [2.24, 2.45) is 4.99 Å². The van der Waals surface area contributed by atoms with Crippen molar-refractivity contribution in [3.63, 3.8) is 0 Å². The minimum Gasteiger partial charge on any atom is -0.460 e. The molecule has 1 aromatic rings. The Labute approximate surface area is 177 Å². The van der Waals surface area contributed by atoms with Crippen LogP contribution in [0.15, 0.2) is 21.6 Å². The number of hydrogen-bond acceptors (Lipinski definition) is 6. The first-order valence-corrected chi connectivity index (χ1v) is 10.4. The smallest absolute Gasteiger partial charge is 0.349 e. The fraction of sp³-hybridized carbons (Fsp3) is 0.579. The Hall–Kier alpha value is -1.28. The molecule has 0 radical (unpaired) electrons. The SMILES string of the molecule is CC(C)(C)OC(=O)C=NC(CC(=O)OC(C)(C)C)c1cc(Br)cc(CBr)n1. The number of esters is 2. The number of pyridine rings is 1. The molecule has 0 spiro atoms. The van der Waals surface area contributed by atoms with Crippen LogP contribution < -0.4 is 0 Å². The van der Waals surface area contributed by atoms with Gasteiger partial charge in [0.15, 0.2) is 0 Å². The predicted molar refractivity (Wildman–Crippen MR) is 112 cm³/mol. The van der Waals surface area contributed by atoms with Gasteiger partial charge in [-0.15, -0.1) is 0 Å². The lowest BCUT2D eigenvalue weighted by Crippen LogP contribution is -2.26. The van der Waals surface area contributed by atoms with Crippen molar-refractivity contribution in [2.45, 2.75) is 70.5 Å². The Bertz CT molecular complexity index is 707. The first-order chi connectivity index (χ1) is 12.3. The molecule has 0 N–H and O–H groups in total. The number of hydrogen-bond donors (Lipinski definition) is 0. The van der Waals surface area contributed by atoms with Crippen LogP contribution in [0.1, 0.15) is 65.4 Å². The van der Waals surface area contributed by atoms with Crippen LogP contribution in [0.2, 0.25) is 0 Å². The number of nitrogens with zero attached hydrogens (tertiary/aromatic N) is 2. The first kappa shape index (κ1) is 23.8. The summed E-state index contributed by atoms with van der Waals surface area (Å²) in [5.74, 6) is -0.997. The number of carbonyl (C=O) groups is 2. The molecule has 1 heterocycles. The highest BCUT2D eigenvalue weighted by molar-refractivity contribution is 9.10. The summed E-state index contributed by atoms with van der Waals surface area (Å²) < 4.78 is 11.4. The van der Waals surface area contributed by atoms with Crippen molar-refractivity contribution in [1.82, 2.24) is 4.98 Å². The average Bonchev–Trinajstić information content (AvgIpc) is 2.47. The van der Waals surface area contributed by atoms with E-state index in [4.69, 9.17) is 9.47 Å². The number of carbonyl (C=O) groups excluding carboxylic acids is 2. The number of aliphatic imine (C=N–C) groups is 1. The molecule has 150 valence electrons. The molecule has 0 aromatic carbocycles. The van der Waals surface area contributed by atoms with E-state index in [1.54, 1.807) is 47.6 Å². The minimum atomic E-state index is -0.664. The quantitative estimate of drug-likeness (QED) is 0.311. The molecule has 6 nitrogen and oxygen atoms in total. The van der Waals surface area contributed by atoms with Crippen LogP contribution in [-0.4, -0.2) is 34.3 Å². The van der Waals surface area contributed by atoms with Gasteiger partial charge in [-0.3, -0.25) is 14.8 Å². The van der Waals surface area contributed by atoms with Gasteiger partial charge >= 0.3 is 11.9 Å². The van der Waals surface area contributed by atoms with E-state index in [0.29, 0.717) is 11.0 Å². The molecule has 8 heteroatoms. The molecule has 0 aliphatic carbocycles. The summed E-state index contributed by atoms with van der Waals surface area (Å²) in [6, 6.07) is 2.97. The second-order valence-corrected chi connectivity index (χ2v) is 9.43. The summed E-state index contributed by atoms with van der Waals surface area (Å²) in [6.45, 7) is 10.7. The molecule has 1 aromatic heterocycles. The van der Waals surface area contributed by atoms with E-state index >= 15 is 0 Å². The van der Waals surface area contributed by atoms with Gasteiger partial charge in [-0.05, 0) is 53.7 Å². The summed E-state index contributed by atoms with van der Waals surface area (Å²) in [7, 11) is 0. The standard InChI is InChI=1S/C19H26Br2N2O4/c1-18(2,3)26-16(24)9-14(22-11-17(25)27-19(4,5)6)15-8-12(21)7-13(10-20)23-15/h7-8,11,14H,9-10H2,1-6H3. The molecule has 27 heavy (non-hydrogen) atoms. The van der Waals surface area contributed by atoms with Gasteiger partial charge < -0.3 is 9.47 Å². The van der Waals surface area contributed by atoms with Gasteiger partial charge in [-0.1, -0.05) is 31.9 Å². The maximum Gasteiger partial charge on any atom is 0.349 e. The highest BCUT2D eigenvalue weighted by Gasteiger charge is 2.23. The van der Waals surface area contributed by atoms with E-state index in [1.807, 2.05) is 6.07 Å². The summed E-state index contributed by atoms with van der Waals surface area (Å²) in [6.07, 6.45) is 1.05. The van der Waals surface area contributed by atoms with Gasteiger partial charge in [0.1, 0.15) is 23.5 Å². The summed E-state index contributed by atoms with van der Waals surface area (Å²) in [5, 5.41) is 0.550. The van der Waals surface area contributed by atoms with Gasteiger partial charge in [0.2, 0.25) is 0 Å². The molecular weight excluding hydrogens is 480 g/mol. The molecule has 0 fully saturated rings. The van der Waals surface area contributed by atoms with Crippen LogP contribution in [0.3, 0.4) is 0 Å². The third-order valence-electron chi connectivity index (χ3n) is 2.89. The van der Waals surface area contributed by atoms with E-state index in [1.165, 1.54) is 0 Å². The van der Waals surface area contributed by atoms with Crippen LogP contribution in [-0.2, 0) is 24.4 Å². The fourth-order valence-electron chi connectivity index (χ4n) is 2.07. The number of aromatic nitrogens is 1. The number of alkyl halides is 1. The zero-order chi connectivity index (χ0) is 20.8. The monoisotopic (exact) mass is 504 g/mol. The molecule has 0 aliphatic heterocycles. The van der Waals surface area contributed by atoms with Gasteiger partial charge in [0.25, 0.3) is 0 Å². The molecule has 0 bridgehead atoms. The topological polar surface area (TPSA) is 77.8 Å². The second kappa shape index (κ2) is 9.78. The van der Waals surface area contributed by atoms with E-state index in [9.17, 15) is 9.59 Å². The Morgan fingerprint density at radius 1 is 1.15 bits per heavy atom. The first-order valence-electron chi connectivity index (χ1n) is 8.49. The molecule has 0 amide bonds. The van der Waals surface area contributed by atoms with Gasteiger partial charge in [-0.25, -0.2) is 4.79 Å². The lowest BCUT2D eigenvalue weighted by Gasteiger charge is -2.21. The lowest BCUT2D eigenvalue weighted by atomic mass is 10.1. The van der Waals surface area contributed by atoms with Crippen LogP contribution in [0.25, 0.3) is 0 Å². The second-order valence-electron chi connectivity index (χ2n) is 7.95.